The molecule has 0 spiro atoms. The first-order chi connectivity index (χ1) is 11.5. The van der Waals surface area contributed by atoms with E-state index in [9.17, 15) is 9.18 Å². The van der Waals surface area contributed by atoms with Gasteiger partial charge >= 0.3 is 0 Å². The van der Waals surface area contributed by atoms with E-state index in [-0.39, 0.29) is 17.3 Å². The monoisotopic (exact) mass is 345 g/mol. The van der Waals surface area contributed by atoms with Gasteiger partial charge < -0.3 is 10.3 Å². The second-order valence-corrected chi connectivity index (χ2v) is 7.01. The zero-order valence-electron chi connectivity index (χ0n) is 13.0. The Morgan fingerprint density at radius 1 is 1.46 bits per heavy atom. The number of carbonyl (C=O) groups is 1. The number of nitrogens with one attached hydrogen (secondary N) is 1. The molecule has 8 heteroatoms. The van der Waals surface area contributed by atoms with E-state index >= 15 is 0 Å². The molecule has 3 aromatic rings. The number of nitrogens with zero attached hydrogens (tertiary/aromatic N) is 3. The third-order valence-corrected chi connectivity index (χ3v) is 5.34. The Balaban J connectivity index is 1.66. The van der Waals surface area contributed by atoms with Gasteiger partial charge in [0.2, 0.25) is 11.9 Å². The molecule has 1 atom stereocenters. The molecule has 2 heterocycles. The molecule has 0 fully saturated rings. The number of halogens is 1. The van der Waals surface area contributed by atoms with Gasteiger partial charge in [0.05, 0.1) is 17.1 Å². The number of para-hydroxylation sites is 1. The molecule has 1 aliphatic carbocycles. The summed E-state index contributed by atoms with van der Waals surface area (Å²) in [6, 6.07) is 4.74. The van der Waals surface area contributed by atoms with E-state index in [0.717, 1.165) is 29.8 Å². The molecule has 6 nitrogen and oxygen atoms in total. The summed E-state index contributed by atoms with van der Waals surface area (Å²) in [6.45, 7) is 0. The molecule has 1 unspecified atom stereocenters. The highest BCUT2D eigenvalue weighted by Gasteiger charge is 2.30. The van der Waals surface area contributed by atoms with Crippen molar-refractivity contribution in [2.24, 2.45) is 7.05 Å². The van der Waals surface area contributed by atoms with E-state index in [2.05, 4.69) is 15.3 Å². The minimum atomic E-state index is -0.407. The number of anilines is 2. The van der Waals surface area contributed by atoms with Gasteiger partial charge in [0.15, 0.2) is 10.9 Å². The van der Waals surface area contributed by atoms with E-state index in [0.29, 0.717) is 16.6 Å². The van der Waals surface area contributed by atoms with E-state index in [1.165, 1.54) is 17.4 Å². The lowest BCUT2D eigenvalue weighted by atomic mass is 9.90. The van der Waals surface area contributed by atoms with Crippen LogP contribution in [0.2, 0.25) is 0 Å². The van der Waals surface area contributed by atoms with Crippen LogP contribution in [0, 0.1) is 5.82 Å². The van der Waals surface area contributed by atoms with Crippen LogP contribution in [-0.2, 0) is 18.3 Å². The van der Waals surface area contributed by atoms with Crippen molar-refractivity contribution >= 4 is 39.4 Å². The number of aryl methyl sites for hydroxylation is 2. The second kappa shape index (κ2) is 5.55. The second-order valence-electron chi connectivity index (χ2n) is 5.90. The standard InChI is InChI=1S/C16H16FN5OS/c1-22-10-6-3-5-9(17)13(10)20-16(22)21-14(23)8-4-2-7-11-12(8)19-15(18)24-11/h3,5-6,8H,2,4,7H2,1H3,(H2,18,19)(H,20,21,23). The fourth-order valence-electron chi connectivity index (χ4n) is 3.18. The van der Waals surface area contributed by atoms with Crippen LogP contribution in [0.4, 0.5) is 15.5 Å². The van der Waals surface area contributed by atoms with Gasteiger partial charge in [0, 0.05) is 11.9 Å². The Bertz CT molecular complexity index is 947. The van der Waals surface area contributed by atoms with E-state index in [1.54, 1.807) is 23.7 Å². The van der Waals surface area contributed by atoms with Crippen LogP contribution in [0.25, 0.3) is 11.0 Å². The quantitative estimate of drug-likeness (QED) is 0.748. The van der Waals surface area contributed by atoms with Crippen LogP contribution >= 0.6 is 11.3 Å². The molecular weight excluding hydrogens is 329 g/mol. The number of thiazole rings is 1. The van der Waals surface area contributed by atoms with Crippen molar-refractivity contribution in [3.63, 3.8) is 0 Å². The van der Waals surface area contributed by atoms with E-state index in [1.807, 2.05) is 0 Å². The number of rotatable bonds is 2. The van der Waals surface area contributed by atoms with Crippen molar-refractivity contribution in [2.45, 2.75) is 25.2 Å². The van der Waals surface area contributed by atoms with Gasteiger partial charge in [-0.1, -0.05) is 6.07 Å². The molecule has 2 aromatic heterocycles. The van der Waals surface area contributed by atoms with Crippen molar-refractivity contribution in [1.82, 2.24) is 14.5 Å². The van der Waals surface area contributed by atoms with Gasteiger partial charge in [0.25, 0.3) is 0 Å². The molecule has 0 saturated carbocycles. The highest BCUT2D eigenvalue weighted by Crippen LogP contribution is 2.36. The van der Waals surface area contributed by atoms with Gasteiger partial charge in [-0.25, -0.2) is 14.4 Å². The smallest absolute Gasteiger partial charge is 0.235 e. The third-order valence-electron chi connectivity index (χ3n) is 4.38. The van der Waals surface area contributed by atoms with Gasteiger partial charge in [0.1, 0.15) is 5.52 Å². The number of amides is 1. The highest BCUT2D eigenvalue weighted by atomic mass is 32.1. The van der Waals surface area contributed by atoms with Crippen molar-refractivity contribution in [1.29, 1.82) is 0 Å². The molecule has 3 N–H and O–H groups in total. The minimum absolute atomic E-state index is 0.180. The zero-order valence-corrected chi connectivity index (χ0v) is 13.9. The van der Waals surface area contributed by atoms with Crippen LogP contribution in [0.5, 0.6) is 0 Å². The molecule has 1 aromatic carbocycles. The van der Waals surface area contributed by atoms with Crippen molar-refractivity contribution in [2.75, 3.05) is 11.1 Å². The zero-order chi connectivity index (χ0) is 16.8. The molecule has 124 valence electrons. The lowest BCUT2D eigenvalue weighted by Gasteiger charge is -2.20. The number of fused-ring (bicyclic) bond motifs is 2. The molecule has 0 radical (unpaired) electrons. The summed E-state index contributed by atoms with van der Waals surface area (Å²) in [6.07, 6.45) is 2.55. The van der Waals surface area contributed by atoms with Crippen LogP contribution in [0.15, 0.2) is 18.2 Å². The SMILES string of the molecule is Cn1c(NC(=O)C2CCCc3sc(N)nc32)nc2c(F)cccc21. The number of nitrogen functional groups attached to an aromatic ring is 1. The molecule has 1 aliphatic rings. The lowest BCUT2D eigenvalue weighted by Crippen LogP contribution is -2.25. The number of hydrogen-bond acceptors (Lipinski definition) is 5. The highest BCUT2D eigenvalue weighted by molar-refractivity contribution is 7.15. The van der Waals surface area contributed by atoms with Crippen LogP contribution in [0.3, 0.4) is 0 Å². The Labute approximate surface area is 141 Å². The summed E-state index contributed by atoms with van der Waals surface area (Å²) in [4.78, 5) is 22.3. The first-order valence-corrected chi connectivity index (χ1v) is 8.53. The maximum Gasteiger partial charge on any atom is 0.235 e. The predicted molar refractivity (Wildman–Crippen MR) is 91.5 cm³/mol. The van der Waals surface area contributed by atoms with Gasteiger partial charge in [-0.15, -0.1) is 11.3 Å². The van der Waals surface area contributed by atoms with Crippen molar-refractivity contribution < 1.29 is 9.18 Å². The fraction of sp³-hybridized carbons (Fsp3) is 0.312. The van der Waals surface area contributed by atoms with Crippen LogP contribution < -0.4 is 11.1 Å². The number of aromatic nitrogens is 3. The first-order valence-electron chi connectivity index (χ1n) is 7.71. The molecule has 0 saturated heterocycles. The predicted octanol–water partition coefficient (Wildman–Crippen LogP) is 2.81. The summed E-state index contributed by atoms with van der Waals surface area (Å²) >= 11 is 1.44. The molecule has 4 rings (SSSR count). The summed E-state index contributed by atoms with van der Waals surface area (Å²) in [5, 5.41) is 3.31. The number of nitrogens with two attached hydrogens (primary N) is 1. The van der Waals surface area contributed by atoms with Gasteiger partial charge in [-0.3, -0.25) is 10.1 Å². The Hall–Kier alpha value is -2.48. The summed E-state index contributed by atoms with van der Waals surface area (Å²) in [7, 11) is 1.75. The summed E-state index contributed by atoms with van der Waals surface area (Å²) < 4.78 is 15.5. The average molecular weight is 345 g/mol. The molecule has 24 heavy (non-hydrogen) atoms. The number of carbonyl (C=O) groups excluding carboxylic acids is 1. The lowest BCUT2D eigenvalue weighted by molar-refractivity contribution is -0.118. The first kappa shape index (κ1) is 15.1. The number of hydrogen-bond donors (Lipinski definition) is 2. The number of benzene rings is 1. The fourth-order valence-corrected chi connectivity index (χ4v) is 4.12. The molecule has 0 bridgehead atoms. The largest absolute Gasteiger partial charge is 0.375 e. The average Bonchev–Trinajstić information content (AvgIpc) is 3.08. The summed E-state index contributed by atoms with van der Waals surface area (Å²) in [5.41, 5.74) is 7.43. The molecule has 0 aliphatic heterocycles. The maximum absolute atomic E-state index is 13.9. The van der Waals surface area contributed by atoms with Gasteiger partial charge in [-0.05, 0) is 31.4 Å². The van der Waals surface area contributed by atoms with Gasteiger partial charge in [-0.2, -0.15) is 0 Å². The van der Waals surface area contributed by atoms with Crippen molar-refractivity contribution in [3.8, 4) is 0 Å². The Morgan fingerprint density at radius 3 is 3.08 bits per heavy atom. The van der Waals surface area contributed by atoms with E-state index in [4.69, 9.17) is 5.73 Å². The normalized spacial score (nSPS) is 17.0. The minimum Gasteiger partial charge on any atom is -0.375 e. The number of imidazole rings is 1. The molecule has 1 amide bonds. The Kier molecular flexibility index (Phi) is 3.49. The Morgan fingerprint density at radius 2 is 2.29 bits per heavy atom. The van der Waals surface area contributed by atoms with Crippen molar-refractivity contribution in [3.05, 3.63) is 34.6 Å². The maximum atomic E-state index is 13.9. The third kappa shape index (κ3) is 2.34. The molecular formula is C16H16FN5OS. The summed E-state index contributed by atoms with van der Waals surface area (Å²) in [5.74, 6) is -0.599. The topological polar surface area (TPSA) is 85.8 Å². The van der Waals surface area contributed by atoms with E-state index < -0.39 is 5.82 Å². The van der Waals surface area contributed by atoms with Crippen LogP contribution in [0.1, 0.15) is 29.3 Å². The van der Waals surface area contributed by atoms with Crippen LogP contribution in [-0.4, -0.2) is 20.4 Å².